The van der Waals surface area contributed by atoms with Gasteiger partial charge in [-0.2, -0.15) is 0 Å². The molecule has 4 heteroatoms. The van der Waals surface area contributed by atoms with E-state index in [0.29, 0.717) is 6.42 Å². The highest BCUT2D eigenvalue weighted by Gasteiger charge is 2.10. The van der Waals surface area contributed by atoms with Crippen molar-refractivity contribution in [1.29, 1.82) is 0 Å². The molecule has 0 bridgehead atoms. The van der Waals surface area contributed by atoms with Crippen LogP contribution in [0.2, 0.25) is 0 Å². The standard InChI is InChI=1S/C16H33NO2.BrH/c1-5-6-7-8-9-10-11-12-13-14-16(18)19-15(2)17(3)4;/h15H,5-14H2,1-4H3;1H. The number of esters is 1. The molecule has 0 saturated heterocycles. The molecule has 0 aliphatic carbocycles. The van der Waals surface area contributed by atoms with Crippen molar-refractivity contribution in [3.8, 4) is 0 Å². The van der Waals surface area contributed by atoms with Crippen LogP contribution in [0.5, 0.6) is 0 Å². The predicted molar refractivity (Wildman–Crippen MR) is 91.4 cm³/mol. The Balaban J connectivity index is 0. The van der Waals surface area contributed by atoms with Gasteiger partial charge in [0.2, 0.25) is 0 Å². The SMILES string of the molecule is Br.CCCCCCCCCCCC(=O)OC(C)N(C)C. The second kappa shape index (κ2) is 15.3. The first-order valence-electron chi connectivity index (χ1n) is 7.93. The van der Waals surface area contributed by atoms with E-state index in [2.05, 4.69) is 6.92 Å². The average Bonchev–Trinajstić information content (AvgIpc) is 2.36. The number of rotatable bonds is 12. The summed E-state index contributed by atoms with van der Waals surface area (Å²) in [4.78, 5) is 13.4. The Kier molecular flexibility index (Phi) is 17.0. The van der Waals surface area contributed by atoms with Gasteiger partial charge in [-0.15, -0.1) is 17.0 Å². The van der Waals surface area contributed by atoms with E-state index in [1.807, 2.05) is 25.9 Å². The lowest BCUT2D eigenvalue weighted by molar-refractivity contribution is -0.155. The van der Waals surface area contributed by atoms with Gasteiger partial charge in [-0.25, -0.2) is 0 Å². The van der Waals surface area contributed by atoms with Crippen molar-refractivity contribution in [3.05, 3.63) is 0 Å². The maximum Gasteiger partial charge on any atom is 0.307 e. The minimum absolute atomic E-state index is 0. The highest BCUT2D eigenvalue weighted by molar-refractivity contribution is 8.93. The van der Waals surface area contributed by atoms with Gasteiger partial charge in [-0.05, 0) is 27.4 Å². The van der Waals surface area contributed by atoms with Crippen LogP contribution in [0.4, 0.5) is 0 Å². The van der Waals surface area contributed by atoms with Crippen molar-refractivity contribution in [3.63, 3.8) is 0 Å². The van der Waals surface area contributed by atoms with Gasteiger partial charge in [-0.1, -0.05) is 58.3 Å². The highest BCUT2D eigenvalue weighted by Crippen LogP contribution is 2.11. The molecular weight excluding hydrogens is 318 g/mol. The fourth-order valence-electron chi connectivity index (χ4n) is 1.93. The van der Waals surface area contributed by atoms with E-state index >= 15 is 0 Å². The van der Waals surface area contributed by atoms with Gasteiger partial charge < -0.3 is 4.74 Å². The van der Waals surface area contributed by atoms with Crippen molar-refractivity contribution in [2.24, 2.45) is 0 Å². The first-order valence-corrected chi connectivity index (χ1v) is 7.93. The van der Waals surface area contributed by atoms with Crippen LogP contribution in [-0.2, 0) is 9.53 Å². The Morgan fingerprint density at radius 1 is 0.950 bits per heavy atom. The molecule has 0 aliphatic heterocycles. The molecule has 1 atom stereocenters. The van der Waals surface area contributed by atoms with E-state index in [-0.39, 0.29) is 29.2 Å². The van der Waals surface area contributed by atoms with Crippen LogP contribution in [0.1, 0.15) is 78.1 Å². The van der Waals surface area contributed by atoms with Gasteiger partial charge in [0.25, 0.3) is 0 Å². The number of halogens is 1. The molecule has 122 valence electrons. The average molecular weight is 352 g/mol. The molecule has 0 aliphatic rings. The minimum atomic E-state index is -0.119. The lowest BCUT2D eigenvalue weighted by Gasteiger charge is -2.19. The van der Waals surface area contributed by atoms with Crippen LogP contribution in [-0.4, -0.2) is 31.2 Å². The van der Waals surface area contributed by atoms with E-state index in [1.165, 1.54) is 44.9 Å². The summed E-state index contributed by atoms with van der Waals surface area (Å²) in [5.41, 5.74) is 0. The van der Waals surface area contributed by atoms with E-state index in [4.69, 9.17) is 4.74 Å². The summed E-state index contributed by atoms with van der Waals surface area (Å²) in [5.74, 6) is -0.0656. The topological polar surface area (TPSA) is 29.5 Å². The maximum atomic E-state index is 11.5. The molecule has 0 radical (unpaired) electrons. The Morgan fingerprint density at radius 2 is 1.40 bits per heavy atom. The summed E-state index contributed by atoms with van der Waals surface area (Å²) in [7, 11) is 3.83. The number of ether oxygens (including phenoxy) is 1. The third-order valence-electron chi connectivity index (χ3n) is 3.51. The summed E-state index contributed by atoms with van der Waals surface area (Å²) in [6.45, 7) is 4.14. The quantitative estimate of drug-likeness (QED) is 0.283. The molecule has 20 heavy (non-hydrogen) atoms. The Bertz CT molecular complexity index is 223. The van der Waals surface area contributed by atoms with Crippen LogP contribution < -0.4 is 0 Å². The third-order valence-corrected chi connectivity index (χ3v) is 3.51. The van der Waals surface area contributed by atoms with Gasteiger partial charge >= 0.3 is 5.97 Å². The molecule has 0 heterocycles. The zero-order valence-electron chi connectivity index (χ0n) is 13.8. The first-order chi connectivity index (χ1) is 9.07. The smallest absolute Gasteiger partial charge is 0.307 e. The summed E-state index contributed by atoms with van der Waals surface area (Å²) in [6.07, 6.45) is 11.9. The molecular formula is C16H34BrNO2. The summed E-state index contributed by atoms with van der Waals surface area (Å²) >= 11 is 0. The Hall–Kier alpha value is -0.0900. The molecule has 0 amide bonds. The molecule has 0 aromatic rings. The zero-order chi connectivity index (χ0) is 14.5. The summed E-state index contributed by atoms with van der Waals surface area (Å²) in [6, 6.07) is 0. The largest absolute Gasteiger partial charge is 0.447 e. The molecule has 0 N–H and O–H groups in total. The molecule has 0 fully saturated rings. The molecule has 0 rings (SSSR count). The molecule has 0 aromatic carbocycles. The van der Waals surface area contributed by atoms with Crippen LogP contribution in [0.3, 0.4) is 0 Å². The number of carbonyl (C=O) groups excluding carboxylic acids is 1. The monoisotopic (exact) mass is 351 g/mol. The number of unbranched alkanes of at least 4 members (excludes halogenated alkanes) is 8. The molecule has 1 unspecified atom stereocenters. The number of carbonyl (C=O) groups is 1. The second-order valence-corrected chi connectivity index (χ2v) is 5.63. The number of nitrogens with zero attached hydrogens (tertiary/aromatic N) is 1. The maximum absolute atomic E-state index is 11.5. The zero-order valence-corrected chi connectivity index (χ0v) is 15.5. The van der Waals surface area contributed by atoms with Crippen molar-refractivity contribution in [2.45, 2.75) is 84.3 Å². The molecule has 0 saturated carbocycles. The number of hydrogen-bond acceptors (Lipinski definition) is 3. The van der Waals surface area contributed by atoms with Crippen molar-refractivity contribution < 1.29 is 9.53 Å². The van der Waals surface area contributed by atoms with Gasteiger partial charge in [-0.3, -0.25) is 9.69 Å². The summed E-state index contributed by atoms with van der Waals surface area (Å²) < 4.78 is 5.27. The normalized spacial score (nSPS) is 12.1. The Labute approximate surface area is 136 Å². The van der Waals surface area contributed by atoms with E-state index in [0.717, 1.165) is 12.8 Å². The minimum Gasteiger partial charge on any atom is -0.447 e. The van der Waals surface area contributed by atoms with E-state index in [1.54, 1.807) is 0 Å². The molecule has 0 aromatic heterocycles. The van der Waals surface area contributed by atoms with Crippen LogP contribution >= 0.6 is 17.0 Å². The molecule has 0 spiro atoms. The van der Waals surface area contributed by atoms with Gasteiger partial charge in [0.15, 0.2) is 6.23 Å². The van der Waals surface area contributed by atoms with Crippen LogP contribution in [0, 0.1) is 0 Å². The van der Waals surface area contributed by atoms with Crippen molar-refractivity contribution >= 4 is 23.0 Å². The van der Waals surface area contributed by atoms with Crippen LogP contribution in [0.25, 0.3) is 0 Å². The Morgan fingerprint density at radius 3 is 1.85 bits per heavy atom. The van der Waals surface area contributed by atoms with Crippen molar-refractivity contribution in [2.75, 3.05) is 14.1 Å². The van der Waals surface area contributed by atoms with E-state index in [9.17, 15) is 4.79 Å². The van der Waals surface area contributed by atoms with Crippen LogP contribution in [0.15, 0.2) is 0 Å². The molecule has 3 nitrogen and oxygen atoms in total. The highest BCUT2D eigenvalue weighted by atomic mass is 79.9. The third kappa shape index (κ3) is 14.3. The number of hydrogen-bond donors (Lipinski definition) is 0. The van der Waals surface area contributed by atoms with Gasteiger partial charge in [0, 0.05) is 6.42 Å². The lowest BCUT2D eigenvalue weighted by Crippen LogP contribution is -2.29. The van der Waals surface area contributed by atoms with Gasteiger partial charge in [0.1, 0.15) is 0 Å². The fourth-order valence-corrected chi connectivity index (χ4v) is 1.93. The lowest BCUT2D eigenvalue weighted by atomic mass is 10.1. The van der Waals surface area contributed by atoms with Crippen molar-refractivity contribution in [1.82, 2.24) is 4.90 Å². The van der Waals surface area contributed by atoms with Gasteiger partial charge in [0.05, 0.1) is 0 Å². The first kappa shape index (κ1) is 22.2. The second-order valence-electron chi connectivity index (χ2n) is 5.63. The predicted octanol–water partition coefficient (Wildman–Crippen LogP) is 4.94. The summed E-state index contributed by atoms with van der Waals surface area (Å²) in [5, 5.41) is 0. The fraction of sp³-hybridized carbons (Fsp3) is 0.938. The van der Waals surface area contributed by atoms with E-state index < -0.39 is 0 Å².